The molecule has 0 aromatic heterocycles. The van der Waals surface area contributed by atoms with Gasteiger partial charge in [0, 0.05) is 19.6 Å². The molecule has 0 aromatic carbocycles. The van der Waals surface area contributed by atoms with Crippen LogP contribution in [0.5, 0.6) is 0 Å². The monoisotopic (exact) mass is 214 g/mol. The van der Waals surface area contributed by atoms with E-state index in [2.05, 4.69) is 0 Å². The molecule has 4 heteroatoms. The second-order valence-electron chi connectivity index (χ2n) is 4.03. The van der Waals surface area contributed by atoms with Gasteiger partial charge >= 0.3 is 0 Å². The molecule has 1 aliphatic heterocycles. The van der Waals surface area contributed by atoms with Crippen LogP contribution in [0.15, 0.2) is 0 Å². The third kappa shape index (κ3) is 4.18. The predicted molar refractivity (Wildman–Crippen MR) is 59.6 cm³/mol. The number of hydrogen-bond donors (Lipinski definition) is 1. The summed E-state index contributed by atoms with van der Waals surface area (Å²) in [7, 11) is 0. The summed E-state index contributed by atoms with van der Waals surface area (Å²) in [5.41, 5.74) is 0. The molecule has 0 aliphatic carbocycles. The van der Waals surface area contributed by atoms with Gasteiger partial charge in [-0.1, -0.05) is 6.92 Å². The first-order valence-electron chi connectivity index (χ1n) is 5.89. The number of likely N-dealkylation sites (N-methyl/N-ethyl adjacent to an activating group) is 1. The van der Waals surface area contributed by atoms with E-state index in [-0.39, 0.29) is 12.5 Å². The molecule has 1 saturated heterocycles. The Bertz CT molecular complexity index is 191. The van der Waals surface area contributed by atoms with Crippen molar-refractivity contribution in [1.82, 2.24) is 9.80 Å². The molecule has 0 atom stereocenters. The lowest BCUT2D eigenvalue weighted by Crippen LogP contribution is -2.43. The molecule has 1 amide bonds. The summed E-state index contributed by atoms with van der Waals surface area (Å²) in [6, 6.07) is 0. The number of rotatable bonds is 5. The summed E-state index contributed by atoms with van der Waals surface area (Å²) < 4.78 is 0. The second-order valence-corrected chi connectivity index (χ2v) is 4.03. The summed E-state index contributed by atoms with van der Waals surface area (Å²) in [5, 5.41) is 8.82. The first kappa shape index (κ1) is 12.5. The Morgan fingerprint density at radius 2 is 2.00 bits per heavy atom. The van der Waals surface area contributed by atoms with Crippen LogP contribution in [-0.2, 0) is 4.79 Å². The highest BCUT2D eigenvalue weighted by molar-refractivity contribution is 5.78. The lowest BCUT2D eigenvalue weighted by molar-refractivity contribution is -0.133. The van der Waals surface area contributed by atoms with E-state index in [1.807, 2.05) is 16.7 Å². The molecule has 0 unspecified atom stereocenters. The molecule has 1 fully saturated rings. The average molecular weight is 214 g/mol. The molecule has 1 heterocycles. The van der Waals surface area contributed by atoms with Crippen LogP contribution in [0, 0.1) is 0 Å². The molecule has 1 aliphatic rings. The number of likely N-dealkylation sites (tertiary alicyclic amines) is 1. The highest BCUT2D eigenvalue weighted by atomic mass is 16.3. The zero-order chi connectivity index (χ0) is 11.1. The summed E-state index contributed by atoms with van der Waals surface area (Å²) >= 11 is 0. The van der Waals surface area contributed by atoms with Crippen LogP contribution in [0.1, 0.15) is 26.2 Å². The Hall–Kier alpha value is -0.610. The standard InChI is InChI=1S/C11H22N2O2/c1-2-12(8-9-14)10-11(15)13-6-4-3-5-7-13/h14H,2-10H2,1H3. The highest BCUT2D eigenvalue weighted by Crippen LogP contribution is 2.08. The second kappa shape index (κ2) is 6.80. The van der Waals surface area contributed by atoms with E-state index >= 15 is 0 Å². The molecule has 4 nitrogen and oxygen atoms in total. The number of carbonyl (C=O) groups excluding carboxylic acids is 1. The Morgan fingerprint density at radius 3 is 2.53 bits per heavy atom. The molecular formula is C11H22N2O2. The minimum absolute atomic E-state index is 0.126. The summed E-state index contributed by atoms with van der Waals surface area (Å²) in [4.78, 5) is 15.8. The number of piperidine rings is 1. The van der Waals surface area contributed by atoms with Gasteiger partial charge < -0.3 is 10.0 Å². The fourth-order valence-corrected chi connectivity index (χ4v) is 1.92. The van der Waals surface area contributed by atoms with Crippen LogP contribution in [0.4, 0.5) is 0 Å². The fourth-order valence-electron chi connectivity index (χ4n) is 1.92. The first-order valence-corrected chi connectivity index (χ1v) is 5.89. The maximum atomic E-state index is 11.8. The van der Waals surface area contributed by atoms with Gasteiger partial charge in [-0.05, 0) is 25.8 Å². The molecule has 0 bridgehead atoms. The van der Waals surface area contributed by atoms with Crippen molar-refractivity contribution in [3.8, 4) is 0 Å². The first-order chi connectivity index (χ1) is 7.27. The van der Waals surface area contributed by atoms with E-state index in [1.54, 1.807) is 0 Å². The van der Waals surface area contributed by atoms with Crippen molar-refractivity contribution in [3.63, 3.8) is 0 Å². The van der Waals surface area contributed by atoms with Crippen molar-refractivity contribution < 1.29 is 9.90 Å². The Labute approximate surface area is 91.9 Å². The zero-order valence-corrected chi connectivity index (χ0v) is 9.61. The smallest absolute Gasteiger partial charge is 0.236 e. The molecule has 15 heavy (non-hydrogen) atoms. The van der Waals surface area contributed by atoms with Crippen molar-refractivity contribution in [2.45, 2.75) is 26.2 Å². The summed E-state index contributed by atoms with van der Waals surface area (Å²) in [6.07, 6.45) is 3.52. The van der Waals surface area contributed by atoms with E-state index in [0.29, 0.717) is 13.1 Å². The zero-order valence-electron chi connectivity index (χ0n) is 9.61. The van der Waals surface area contributed by atoms with E-state index in [4.69, 9.17) is 5.11 Å². The van der Waals surface area contributed by atoms with E-state index in [1.165, 1.54) is 6.42 Å². The largest absolute Gasteiger partial charge is 0.395 e. The van der Waals surface area contributed by atoms with Crippen molar-refractivity contribution >= 4 is 5.91 Å². The Balaban J connectivity index is 2.31. The molecule has 1 rings (SSSR count). The Morgan fingerprint density at radius 1 is 1.33 bits per heavy atom. The van der Waals surface area contributed by atoms with Crippen molar-refractivity contribution in [2.24, 2.45) is 0 Å². The van der Waals surface area contributed by atoms with Crippen molar-refractivity contribution in [1.29, 1.82) is 0 Å². The molecule has 1 N–H and O–H groups in total. The normalized spacial score (nSPS) is 17.1. The summed E-state index contributed by atoms with van der Waals surface area (Å²) in [6.45, 7) is 5.83. The molecule has 0 saturated carbocycles. The number of aliphatic hydroxyl groups excluding tert-OH is 1. The lowest BCUT2D eigenvalue weighted by Gasteiger charge is -2.29. The molecular weight excluding hydrogens is 192 g/mol. The van der Waals surface area contributed by atoms with Crippen LogP contribution in [0.3, 0.4) is 0 Å². The van der Waals surface area contributed by atoms with Gasteiger partial charge in [0.15, 0.2) is 0 Å². The van der Waals surface area contributed by atoms with Crippen LogP contribution in [0.2, 0.25) is 0 Å². The van der Waals surface area contributed by atoms with Crippen LogP contribution >= 0.6 is 0 Å². The number of aliphatic hydroxyl groups is 1. The third-order valence-electron chi connectivity index (χ3n) is 2.93. The van der Waals surface area contributed by atoms with Gasteiger partial charge in [-0.25, -0.2) is 0 Å². The van der Waals surface area contributed by atoms with Gasteiger partial charge in [0.25, 0.3) is 0 Å². The van der Waals surface area contributed by atoms with Gasteiger partial charge in [0.1, 0.15) is 0 Å². The van der Waals surface area contributed by atoms with Gasteiger partial charge in [-0.2, -0.15) is 0 Å². The lowest BCUT2D eigenvalue weighted by atomic mass is 10.1. The fraction of sp³-hybridized carbons (Fsp3) is 0.909. The number of carbonyl (C=O) groups is 1. The van der Waals surface area contributed by atoms with Crippen LogP contribution < -0.4 is 0 Å². The predicted octanol–water partition coefficient (Wildman–Crippen LogP) is 0.313. The SMILES string of the molecule is CCN(CCO)CC(=O)N1CCCCC1. The minimum atomic E-state index is 0.126. The molecule has 0 spiro atoms. The van der Waals surface area contributed by atoms with E-state index in [0.717, 1.165) is 32.5 Å². The molecule has 88 valence electrons. The van der Waals surface area contributed by atoms with Gasteiger partial charge in [0.05, 0.1) is 13.2 Å². The number of nitrogens with zero attached hydrogens (tertiary/aromatic N) is 2. The van der Waals surface area contributed by atoms with Crippen LogP contribution in [-0.4, -0.2) is 60.1 Å². The average Bonchev–Trinajstić information content (AvgIpc) is 2.29. The number of hydrogen-bond acceptors (Lipinski definition) is 3. The van der Waals surface area contributed by atoms with E-state index < -0.39 is 0 Å². The van der Waals surface area contributed by atoms with Crippen LogP contribution in [0.25, 0.3) is 0 Å². The quantitative estimate of drug-likeness (QED) is 0.716. The van der Waals surface area contributed by atoms with E-state index in [9.17, 15) is 4.79 Å². The Kier molecular flexibility index (Phi) is 5.65. The van der Waals surface area contributed by atoms with Gasteiger partial charge in [0.2, 0.25) is 5.91 Å². The maximum Gasteiger partial charge on any atom is 0.236 e. The topological polar surface area (TPSA) is 43.8 Å². The van der Waals surface area contributed by atoms with Gasteiger partial charge in [-0.15, -0.1) is 0 Å². The summed E-state index contributed by atoms with van der Waals surface area (Å²) in [5.74, 6) is 0.213. The molecule has 0 aromatic rings. The maximum absolute atomic E-state index is 11.8. The molecule has 0 radical (unpaired) electrons. The van der Waals surface area contributed by atoms with Crippen molar-refractivity contribution in [3.05, 3.63) is 0 Å². The minimum Gasteiger partial charge on any atom is -0.395 e. The van der Waals surface area contributed by atoms with Crippen molar-refractivity contribution in [2.75, 3.05) is 39.3 Å². The third-order valence-corrected chi connectivity index (χ3v) is 2.93. The van der Waals surface area contributed by atoms with Gasteiger partial charge in [-0.3, -0.25) is 9.69 Å². The highest BCUT2D eigenvalue weighted by Gasteiger charge is 2.18. The number of amides is 1.